The second-order valence-corrected chi connectivity index (χ2v) is 7.40. The summed E-state index contributed by atoms with van der Waals surface area (Å²) in [4.78, 5) is 15.1. The first kappa shape index (κ1) is 19.0. The van der Waals surface area contributed by atoms with Crippen molar-refractivity contribution in [3.05, 3.63) is 42.0 Å². The van der Waals surface area contributed by atoms with Crippen LogP contribution >= 0.6 is 12.4 Å². The van der Waals surface area contributed by atoms with Gasteiger partial charge in [0.1, 0.15) is 5.75 Å². The van der Waals surface area contributed by atoms with Crippen LogP contribution in [-0.4, -0.2) is 43.1 Å². The number of carbonyl (C=O) groups is 1. The van der Waals surface area contributed by atoms with Gasteiger partial charge in [0.15, 0.2) is 0 Å². The van der Waals surface area contributed by atoms with Crippen molar-refractivity contribution in [3.63, 3.8) is 0 Å². The van der Waals surface area contributed by atoms with Crippen LogP contribution in [0.5, 0.6) is 5.75 Å². The van der Waals surface area contributed by atoms with E-state index in [2.05, 4.69) is 34.5 Å². The number of rotatable bonds is 3. The van der Waals surface area contributed by atoms with Gasteiger partial charge in [-0.1, -0.05) is 24.3 Å². The van der Waals surface area contributed by atoms with E-state index in [0.29, 0.717) is 12.1 Å². The third-order valence-corrected chi connectivity index (χ3v) is 5.78. The molecule has 4 rings (SSSR count). The van der Waals surface area contributed by atoms with Crippen molar-refractivity contribution >= 4 is 29.1 Å². The highest BCUT2D eigenvalue weighted by atomic mass is 35.5. The number of amides is 1. The molecule has 0 radical (unpaired) electrons. The van der Waals surface area contributed by atoms with E-state index in [-0.39, 0.29) is 24.2 Å². The molecule has 0 aromatic heterocycles. The molecule has 1 amide bonds. The third-order valence-electron chi connectivity index (χ3n) is 5.78. The second-order valence-electron chi connectivity index (χ2n) is 7.40. The van der Waals surface area contributed by atoms with Crippen LogP contribution in [0.15, 0.2) is 36.4 Å². The van der Waals surface area contributed by atoms with Crippen molar-refractivity contribution in [2.75, 3.05) is 20.2 Å². The predicted molar refractivity (Wildman–Crippen MR) is 107 cm³/mol. The Kier molecular flexibility index (Phi) is 5.73. The highest BCUT2D eigenvalue weighted by Gasteiger charge is 2.32. The summed E-state index contributed by atoms with van der Waals surface area (Å²) in [6, 6.07) is 13.4. The summed E-state index contributed by atoms with van der Waals surface area (Å²) >= 11 is 0. The predicted octanol–water partition coefficient (Wildman–Crippen LogP) is 3.73. The molecule has 1 N–H and O–H groups in total. The first-order valence-corrected chi connectivity index (χ1v) is 9.26. The number of ether oxygens (including phenoxy) is 1. The molecule has 2 bridgehead atoms. The zero-order valence-corrected chi connectivity index (χ0v) is 16.2. The van der Waals surface area contributed by atoms with Crippen LogP contribution in [0, 0.1) is 0 Å². The van der Waals surface area contributed by atoms with Gasteiger partial charge < -0.3 is 15.0 Å². The molecule has 4 nitrogen and oxygen atoms in total. The van der Waals surface area contributed by atoms with Crippen LogP contribution in [0.2, 0.25) is 0 Å². The fourth-order valence-corrected chi connectivity index (χ4v) is 4.20. The summed E-state index contributed by atoms with van der Waals surface area (Å²) in [5, 5.41) is 5.93. The average Bonchev–Trinajstić information content (AvgIpc) is 2.98. The van der Waals surface area contributed by atoms with Crippen LogP contribution in [0.4, 0.5) is 0 Å². The van der Waals surface area contributed by atoms with Crippen molar-refractivity contribution in [3.8, 4) is 5.75 Å². The Labute approximate surface area is 161 Å². The molecule has 2 heterocycles. The number of hydrogen-bond acceptors (Lipinski definition) is 3. The molecule has 2 aromatic carbocycles. The topological polar surface area (TPSA) is 41.6 Å². The van der Waals surface area contributed by atoms with Crippen molar-refractivity contribution < 1.29 is 9.53 Å². The Morgan fingerprint density at radius 3 is 2.65 bits per heavy atom. The number of likely N-dealkylation sites (tertiary alicyclic amines) is 1. The molecule has 140 valence electrons. The number of hydrogen-bond donors (Lipinski definition) is 1. The van der Waals surface area contributed by atoms with E-state index in [1.165, 1.54) is 12.8 Å². The highest BCUT2D eigenvalue weighted by molar-refractivity contribution is 5.88. The third kappa shape index (κ3) is 3.67. The van der Waals surface area contributed by atoms with Gasteiger partial charge in [-0.2, -0.15) is 0 Å². The molecular formula is C21H27ClN2O2. The first-order chi connectivity index (χ1) is 12.1. The minimum atomic E-state index is -0.108. The van der Waals surface area contributed by atoms with Gasteiger partial charge in [-0.05, 0) is 54.7 Å². The smallest absolute Gasteiger partial charge is 0.229 e. The fourth-order valence-electron chi connectivity index (χ4n) is 4.20. The van der Waals surface area contributed by atoms with Crippen LogP contribution in [-0.2, 0) is 4.79 Å². The number of benzene rings is 2. The lowest BCUT2D eigenvalue weighted by molar-refractivity contribution is -0.132. The molecule has 3 unspecified atom stereocenters. The molecule has 3 atom stereocenters. The zero-order chi connectivity index (χ0) is 17.4. The summed E-state index contributed by atoms with van der Waals surface area (Å²) < 4.78 is 5.29. The average molecular weight is 375 g/mol. The number of methoxy groups -OCH3 is 1. The summed E-state index contributed by atoms with van der Waals surface area (Å²) in [6.07, 6.45) is 3.53. The Bertz CT molecular complexity index is 795. The molecule has 2 aliphatic rings. The van der Waals surface area contributed by atoms with Gasteiger partial charge in [0.05, 0.1) is 13.0 Å². The highest BCUT2D eigenvalue weighted by Crippen LogP contribution is 2.28. The van der Waals surface area contributed by atoms with Crippen molar-refractivity contribution in [1.82, 2.24) is 10.2 Å². The maximum atomic E-state index is 13.0. The normalized spacial score (nSPS) is 23.2. The summed E-state index contributed by atoms with van der Waals surface area (Å²) in [6.45, 7) is 3.76. The molecule has 0 saturated carbocycles. The minimum Gasteiger partial charge on any atom is -0.497 e. The van der Waals surface area contributed by atoms with Crippen LogP contribution < -0.4 is 10.1 Å². The molecule has 26 heavy (non-hydrogen) atoms. The van der Waals surface area contributed by atoms with Gasteiger partial charge in [-0.3, -0.25) is 4.79 Å². The van der Waals surface area contributed by atoms with Gasteiger partial charge in [0.2, 0.25) is 5.91 Å². The molecule has 0 spiro atoms. The monoisotopic (exact) mass is 374 g/mol. The number of halogens is 1. The van der Waals surface area contributed by atoms with Gasteiger partial charge in [0.25, 0.3) is 0 Å². The molecule has 2 fully saturated rings. The molecule has 5 heteroatoms. The van der Waals surface area contributed by atoms with Crippen LogP contribution in [0.1, 0.15) is 37.7 Å². The Morgan fingerprint density at radius 2 is 1.85 bits per heavy atom. The van der Waals surface area contributed by atoms with Crippen LogP contribution in [0.3, 0.4) is 0 Å². The first-order valence-electron chi connectivity index (χ1n) is 9.26. The Balaban J connectivity index is 0.00000196. The summed E-state index contributed by atoms with van der Waals surface area (Å²) in [5.41, 5.74) is 1.09. The molecule has 2 saturated heterocycles. The summed E-state index contributed by atoms with van der Waals surface area (Å²) in [7, 11) is 1.68. The maximum Gasteiger partial charge on any atom is 0.229 e. The number of fused-ring (bicyclic) bond motifs is 3. The molecule has 2 aliphatic heterocycles. The minimum absolute atomic E-state index is 0. The van der Waals surface area contributed by atoms with Crippen molar-refractivity contribution in [2.45, 2.75) is 44.2 Å². The largest absolute Gasteiger partial charge is 0.497 e. The number of nitrogens with one attached hydrogen (secondary N) is 1. The maximum absolute atomic E-state index is 13.0. The van der Waals surface area contributed by atoms with Crippen molar-refractivity contribution in [2.24, 2.45) is 0 Å². The quantitative estimate of drug-likeness (QED) is 0.890. The van der Waals surface area contributed by atoms with E-state index in [0.717, 1.165) is 41.6 Å². The standard InChI is InChI=1S/C21H26N2O2.ClH/c1-14(21(24)23-10-9-18-6-7-19(13-23)22-18)15-3-4-17-12-20(25-2)8-5-16(17)11-15;/h3-5,8,11-12,14,18-19,22H,6-7,9-10,13H2,1-2H3;1H. The van der Waals surface area contributed by atoms with E-state index in [4.69, 9.17) is 4.74 Å². The SMILES string of the molecule is COc1ccc2cc(C(C)C(=O)N3CCC4CCC(C3)N4)ccc2c1.Cl. The molecule has 0 aliphatic carbocycles. The van der Waals surface area contributed by atoms with E-state index < -0.39 is 0 Å². The fraction of sp³-hybridized carbons (Fsp3) is 0.476. The second kappa shape index (κ2) is 7.85. The lowest BCUT2D eigenvalue weighted by Crippen LogP contribution is -2.40. The van der Waals surface area contributed by atoms with Gasteiger partial charge in [0, 0.05) is 25.2 Å². The van der Waals surface area contributed by atoms with E-state index in [1.807, 2.05) is 19.1 Å². The van der Waals surface area contributed by atoms with Crippen molar-refractivity contribution in [1.29, 1.82) is 0 Å². The summed E-state index contributed by atoms with van der Waals surface area (Å²) in [5.74, 6) is 1.00. The Hall–Kier alpha value is -1.78. The zero-order valence-electron chi connectivity index (χ0n) is 15.4. The lowest BCUT2D eigenvalue weighted by Gasteiger charge is -2.27. The van der Waals surface area contributed by atoms with E-state index >= 15 is 0 Å². The lowest BCUT2D eigenvalue weighted by atomic mass is 9.96. The number of carbonyl (C=O) groups excluding carboxylic acids is 1. The Morgan fingerprint density at radius 1 is 1.12 bits per heavy atom. The number of nitrogens with zero attached hydrogens (tertiary/aromatic N) is 1. The molecular weight excluding hydrogens is 348 g/mol. The van der Waals surface area contributed by atoms with Gasteiger partial charge in [-0.25, -0.2) is 0 Å². The van der Waals surface area contributed by atoms with E-state index in [9.17, 15) is 4.79 Å². The molecule has 2 aromatic rings. The van der Waals surface area contributed by atoms with Gasteiger partial charge >= 0.3 is 0 Å². The van der Waals surface area contributed by atoms with Crippen LogP contribution in [0.25, 0.3) is 10.8 Å². The van der Waals surface area contributed by atoms with Gasteiger partial charge in [-0.15, -0.1) is 12.4 Å². The van der Waals surface area contributed by atoms with E-state index in [1.54, 1.807) is 7.11 Å².